The molecule has 0 heterocycles. The second-order valence-corrected chi connectivity index (χ2v) is 53.2. The zero-order chi connectivity index (χ0) is 49.9. The molecule has 12 nitrogen and oxygen atoms in total. The van der Waals surface area contributed by atoms with E-state index < -0.39 is 0 Å². The molecule has 0 aliphatic rings. The Morgan fingerprint density at radius 3 is 0.889 bits per heavy atom. The molecular weight excluding hydrogens is 1300 g/mol. The summed E-state index contributed by atoms with van der Waals surface area (Å²) in [7, 11) is 3.49. The van der Waals surface area contributed by atoms with E-state index >= 15 is 0 Å². The molecule has 0 rings (SSSR count). The average molecular weight is 1380 g/mol. The number of rotatable bonds is 28. The van der Waals surface area contributed by atoms with Crippen LogP contribution < -0.4 is 31.9 Å². The van der Waals surface area contributed by atoms with Crippen molar-refractivity contribution in [2.75, 3.05) is 63.3 Å². The van der Waals surface area contributed by atoms with Crippen LogP contribution >= 0.6 is 136 Å². The average Bonchev–Trinajstić information content (AvgIpc) is 3.19. The van der Waals surface area contributed by atoms with Crippen LogP contribution in [0, 0.1) is 23.7 Å². The minimum absolute atomic E-state index is 0. The summed E-state index contributed by atoms with van der Waals surface area (Å²) in [5.41, 5.74) is 0. The summed E-state index contributed by atoms with van der Waals surface area (Å²) in [4.78, 5) is 68.3. The van der Waals surface area contributed by atoms with Gasteiger partial charge in [-0.3, -0.25) is 39.4 Å². The first-order valence-corrected chi connectivity index (χ1v) is 37.7. The molecule has 63 heavy (non-hydrogen) atoms. The Kier molecular flexibility index (Phi) is 59.1. The van der Waals surface area contributed by atoms with Crippen LogP contribution in [0.2, 0.25) is 0 Å². The van der Waals surface area contributed by atoms with Gasteiger partial charge in [0.1, 0.15) is 23.1 Å². The first-order chi connectivity index (χ1) is 28.7. The molecule has 0 bridgehead atoms. The number of Topliss-reactive ketones (excluding diaryl/α,β-unsaturated/α-hetero) is 6. The Bertz CT molecular complexity index is 1140. The van der Waals surface area contributed by atoms with E-state index in [0.29, 0.717) is 35.2 Å². The number of hydrogen-bond acceptors (Lipinski definition) is 18. The third-order valence-corrected chi connectivity index (χ3v) is 12.9. The first kappa shape index (κ1) is 77.1. The van der Waals surface area contributed by atoms with Crippen LogP contribution in [0.25, 0.3) is 0 Å². The summed E-state index contributed by atoms with van der Waals surface area (Å²) < 4.78 is 0. The van der Waals surface area contributed by atoms with E-state index in [4.69, 9.17) is 0 Å². The Hall–Kier alpha value is 2.65. The van der Waals surface area contributed by atoms with E-state index in [1.165, 1.54) is 13.8 Å². The van der Waals surface area contributed by atoms with Gasteiger partial charge in [-0.15, -0.1) is 0 Å². The van der Waals surface area contributed by atoms with Crippen molar-refractivity contribution in [3.8, 4) is 0 Å². The van der Waals surface area contributed by atoms with Gasteiger partial charge >= 0.3 is 64.9 Å². The maximum atomic E-state index is 12.1. The third kappa shape index (κ3) is 41.0. The van der Waals surface area contributed by atoms with Crippen LogP contribution in [-0.2, 0) is 33.7 Å². The summed E-state index contributed by atoms with van der Waals surface area (Å²) in [6.45, 7) is 24.3. The Labute approximate surface area is 454 Å². The number of carbonyl (C=O) groups is 6. The van der Waals surface area contributed by atoms with Crippen LogP contribution in [0.3, 0.4) is 0 Å². The summed E-state index contributed by atoms with van der Waals surface area (Å²) in [6, 6.07) is -1.39. The van der Waals surface area contributed by atoms with E-state index in [1.807, 2.05) is 55.4 Å². The molecule has 0 saturated heterocycles. The van der Waals surface area contributed by atoms with Crippen LogP contribution in [0.4, 0.5) is 0 Å². The quantitative estimate of drug-likeness (QED) is 0.0297. The molecule has 6 N–H and O–H groups in total. The summed E-state index contributed by atoms with van der Waals surface area (Å²) in [5.74, 6) is 3.91. The number of halogens is 3. The van der Waals surface area contributed by atoms with Crippen LogP contribution in [0.15, 0.2) is 0 Å². The number of nitrogens with one attached hydrogen (secondary N) is 6. The first-order valence-electron chi connectivity index (χ1n) is 20.6. The van der Waals surface area contributed by atoms with Gasteiger partial charge < -0.3 is 21.3 Å². The molecule has 0 aromatic carbocycles. The second-order valence-electron chi connectivity index (χ2n) is 15.2. The fourth-order valence-electron chi connectivity index (χ4n) is 5.30. The van der Waals surface area contributed by atoms with E-state index in [0.717, 1.165) is 24.6 Å². The number of likely N-dealkylation sites (N-methyl/N-ethyl adjacent to an activating group) is 4. The van der Waals surface area contributed by atoms with E-state index in [-0.39, 0.29) is 107 Å². The topological polar surface area (TPSA) is 175 Å². The van der Waals surface area contributed by atoms with E-state index in [2.05, 4.69) is 168 Å². The molecule has 378 valence electrons. The predicted octanol–water partition coefficient (Wildman–Crippen LogP) is 6.68. The normalized spacial score (nSPS) is 15.5. The van der Waals surface area contributed by atoms with Crippen molar-refractivity contribution >= 4 is 170 Å². The zero-order valence-corrected chi connectivity index (χ0v) is 52.5. The van der Waals surface area contributed by atoms with Crippen molar-refractivity contribution in [3.05, 3.63) is 0 Å². The number of thiol groups is 6. The van der Waals surface area contributed by atoms with E-state index in [9.17, 15) is 28.8 Å². The van der Waals surface area contributed by atoms with Gasteiger partial charge in [-0.05, 0) is 90.1 Å². The molecule has 0 aromatic heterocycles. The Morgan fingerprint density at radius 1 is 0.492 bits per heavy atom. The van der Waals surface area contributed by atoms with Crippen LogP contribution in [0.1, 0.15) is 90.5 Å². The molecule has 2 unspecified atom stereocenters. The van der Waals surface area contributed by atoms with Crippen molar-refractivity contribution in [2.45, 2.75) is 137 Å². The fraction of sp³-hybridized carbons (Fsp3) is 0.854. The molecule has 0 aliphatic heterocycles. The van der Waals surface area contributed by atoms with E-state index in [1.54, 1.807) is 27.9 Å². The molecule has 0 aromatic rings. The minimum atomic E-state index is -0.368. The van der Waals surface area contributed by atoms with Gasteiger partial charge in [0.25, 0.3) is 0 Å². The number of ketones is 6. The standard InChI is InChI=1S/2C12H24N2O2S2.2C8H17NOS.CH4.3HI.V/c2*1-7(2)12(18)11(13-4)10(16)5-14-9(6-17)8(3)15;2*1-4-9-8(7(3)10)6(2)5-11;;;;;/h2*7,9,11-14,17-18H,5-6H2,1-4H3;2*6,8-9,11H,4-5H2,1-3H3;1H4;3*1H;/q;;;;;;;;+3/p-3/t9-,11+,12?;9-,11+,12+;6?,8-;6-,8-;;;;;/m0000...../s1. The molecule has 22 heteroatoms. The van der Waals surface area contributed by atoms with Crippen molar-refractivity contribution in [2.24, 2.45) is 23.7 Å². The Morgan fingerprint density at radius 2 is 0.746 bits per heavy atom. The number of hydrogen-bond donors (Lipinski definition) is 12. The molecule has 0 saturated carbocycles. The van der Waals surface area contributed by atoms with Crippen LogP contribution in [-0.4, -0.2) is 145 Å². The summed E-state index contributed by atoms with van der Waals surface area (Å²) >= 11 is 32.8. The van der Waals surface area contributed by atoms with Gasteiger partial charge in [0.15, 0.2) is 11.6 Å². The zero-order valence-electron chi connectivity index (χ0n) is 39.3. The van der Waals surface area contributed by atoms with Gasteiger partial charge in [0.05, 0.1) is 49.3 Å². The molecule has 10 atom stereocenters. The third-order valence-electron chi connectivity index (χ3n) is 9.19. The molecule has 0 fully saturated rings. The molecule has 0 spiro atoms. The molecule has 0 radical (unpaired) electrons. The molecule has 0 amide bonds. The van der Waals surface area contributed by atoms with Gasteiger partial charge in [0.2, 0.25) is 0 Å². The van der Waals surface area contributed by atoms with Crippen molar-refractivity contribution in [1.29, 1.82) is 0 Å². The van der Waals surface area contributed by atoms with Crippen molar-refractivity contribution in [3.63, 3.8) is 0 Å². The van der Waals surface area contributed by atoms with Crippen LogP contribution in [0.5, 0.6) is 0 Å². The second kappa shape index (κ2) is 48.3. The van der Waals surface area contributed by atoms with Gasteiger partial charge in [-0.25, -0.2) is 0 Å². The monoisotopic (exact) mass is 1380 g/mol. The predicted molar refractivity (Wildman–Crippen MR) is 315 cm³/mol. The fourth-order valence-corrected chi connectivity index (χ4v) is 7.12. The van der Waals surface area contributed by atoms with Crippen molar-refractivity contribution in [1.82, 2.24) is 31.9 Å². The maximum absolute atomic E-state index is 12.1. The molecular formula is C41H86I3N6O6S6V. The van der Waals surface area contributed by atoms with Gasteiger partial charge in [0, 0.05) is 22.0 Å². The SMILES string of the molecule is C.CCN[C@H](C(C)=O)C(C)CS.CCN[C@H](C(C)=O)[C@@H](C)CS.CN[C@H](C(=O)CN[C@@H](CS)C(C)=O)C(S)C(C)C.CN[C@H](C(=O)CN[C@@H](CS)C(C)=O)[C@H](S)C(C)C.[I][V]([I])[I]. The summed E-state index contributed by atoms with van der Waals surface area (Å²) in [6.07, 6.45) is 0. The van der Waals surface area contributed by atoms with Gasteiger partial charge in [-0.1, -0.05) is 62.8 Å². The molecule has 0 aliphatic carbocycles. The van der Waals surface area contributed by atoms with Gasteiger partial charge in [-0.2, -0.15) is 75.8 Å². The number of carbonyl (C=O) groups excluding carboxylic acids is 6. The Balaban J connectivity index is -0.000000170. The summed E-state index contributed by atoms with van der Waals surface area (Å²) in [5, 5.41) is 18.0. The van der Waals surface area contributed by atoms with Crippen molar-refractivity contribution < 1.29 is 33.7 Å².